The van der Waals surface area contributed by atoms with Crippen LogP contribution >= 0.6 is 0 Å². The lowest BCUT2D eigenvalue weighted by atomic mass is 10.0. The summed E-state index contributed by atoms with van der Waals surface area (Å²) in [7, 11) is 0. The van der Waals surface area contributed by atoms with Crippen molar-refractivity contribution in [1.29, 1.82) is 0 Å². The van der Waals surface area contributed by atoms with Crippen LogP contribution in [-0.2, 0) is 4.79 Å². The second kappa shape index (κ2) is 9.33. The lowest BCUT2D eigenvalue weighted by Crippen LogP contribution is -2.51. The minimum absolute atomic E-state index is 0.0177. The molecule has 0 aliphatic heterocycles. The van der Waals surface area contributed by atoms with Gasteiger partial charge in [0.25, 0.3) is 5.91 Å². The number of rotatable bonds is 8. The molecule has 0 aliphatic rings. The zero-order chi connectivity index (χ0) is 17.4. The Bertz CT molecular complexity index is 503. The van der Waals surface area contributed by atoms with Crippen molar-refractivity contribution in [2.24, 2.45) is 5.92 Å². The molecule has 1 atom stereocenters. The highest BCUT2D eigenvalue weighted by Gasteiger charge is 2.28. The molecule has 0 heterocycles. The first-order valence-electron chi connectivity index (χ1n) is 8.57. The van der Waals surface area contributed by atoms with E-state index in [1.54, 1.807) is 12.1 Å². The van der Waals surface area contributed by atoms with Gasteiger partial charge in [0.15, 0.2) is 0 Å². The van der Waals surface area contributed by atoms with Gasteiger partial charge in [0.1, 0.15) is 6.04 Å². The average molecular weight is 318 g/mol. The summed E-state index contributed by atoms with van der Waals surface area (Å²) in [4.78, 5) is 27.1. The summed E-state index contributed by atoms with van der Waals surface area (Å²) < 4.78 is 0. The molecule has 0 bridgehead atoms. The predicted molar refractivity (Wildman–Crippen MR) is 94.4 cm³/mol. The van der Waals surface area contributed by atoms with Crippen LogP contribution in [0, 0.1) is 12.8 Å². The molecule has 0 aromatic heterocycles. The number of amides is 2. The Morgan fingerprint density at radius 2 is 1.57 bits per heavy atom. The number of nitrogens with one attached hydrogen (secondary N) is 1. The molecule has 1 N–H and O–H groups in total. The van der Waals surface area contributed by atoms with Gasteiger partial charge in [0, 0.05) is 18.7 Å². The van der Waals surface area contributed by atoms with Gasteiger partial charge in [-0.15, -0.1) is 0 Å². The molecule has 0 saturated carbocycles. The van der Waals surface area contributed by atoms with Gasteiger partial charge >= 0.3 is 0 Å². The first-order valence-corrected chi connectivity index (χ1v) is 8.57. The van der Waals surface area contributed by atoms with E-state index in [-0.39, 0.29) is 17.7 Å². The van der Waals surface area contributed by atoms with Crippen LogP contribution in [0.5, 0.6) is 0 Å². The second-order valence-electron chi connectivity index (χ2n) is 6.39. The smallest absolute Gasteiger partial charge is 0.251 e. The number of carbonyl (C=O) groups is 2. The SMILES string of the molecule is CCCN(CCC)C(=O)C(NC(=O)c1ccc(C)cc1)C(C)C. The molecular formula is C19H30N2O2. The zero-order valence-corrected chi connectivity index (χ0v) is 15.1. The maximum absolute atomic E-state index is 12.8. The van der Waals surface area contributed by atoms with Crippen molar-refractivity contribution < 1.29 is 9.59 Å². The van der Waals surface area contributed by atoms with Crippen LogP contribution in [0.3, 0.4) is 0 Å². The summed E-state index contributed by atoms with van der Waals surface area (Å²) in [6.45, 7) is 11.5. The van der Waals surface area contributed by atoms with Gasteiger partial charge in [0.05, 0.1) is 0 Å². The highest BCUT2D eigenvalue weighted by Crippen LogP contribution is 2.10. The molecule has 23 heavy (non-hydrogen) atoms. The summed E-state index contributed by atoms with van der Waals surface area (Å²) >= 11 is 0. The highest BCUT2D eigenvalue weighted by atomic mass is 16.2. The monoisotopic (exact) mass is 318 g/mol. The standard InChI is InChI=1S/C19H30N2O2/c1-6-12-21(13-7-2)19(23)17(14(3)4)20-18(22)16-10-8-15(5)9-11-16/h8-11,14,17H,6-7,12-13H2,1-5H3,(H,20,22). The summed E-state index contributed by atoms with van der Waals surface area (Å²) in [6, 6.07) is 6.91. The van der Waals surface area contributed by atoms with Gasteiger partial charge in [-0.2, -0.15) is 0 Å². The third-order valence-electron chi connectivity index (χ3n) is 3.83. The summed E-state index contributed by atoms with van der Waals surface area (Å²) in [5, 5.41) is 2.92. The number of hydrogen-bond acceptors (Lipinski definition) is 2. The number of aryl methyl sites for hydroxylation is 1. The van der Waals surface area contributed by atoms with E-state index in [2.05, 4.69) is 19.2 Å². The number of hydrogen-bond donors (Lipinski definition) is 1. The Balaban J connectivity index is 2.86. The van der Waals surface area contributed by atoms with Crippen molar-refractivity contribution >= 4 is 11.8 Å². The Hall–Kier alpha value is -1.84. The lowest BCUT2D eigenvalue weighted by Gasteiger charge is -2.29. The van der Waals surface area contributed by atoms with Crippen LogP contribution in [-0.4, -0.2) is 35.8 Å². The molecule has 1 rings (SSSR count). The molecule has 0 fully saturated rings. The molecule has 1 unspecified atom stereocenters. The lowest BCUT2D eigenvalue weighted by molar-refractivity contribution is -0.134. The fraction of sp³-hybridized carbons (Fsp3) is 0.579. The van der Waals surface area contributed by atoms with E-state index in [1.165, 1.54) is 0 Å². The maximum Gasteiger partial charge on any atom is 0.251 e. The Labute approximate surface area is 140 Å². The third kappa shape index (κ3) is 5.70. The van der Waals surface area contributed by atoms with E-state index >= 15 is 0 Å². The number of carbonyl (C=O) groups excluding carboxylic acids is 2. The maximum atomic E-state index is 12.8. The van der Waals surface area contributed by atoms with Crippen LogP contribution < -0.4 is 5.32 Å². The minimum atomic E-state index is -0.484. The van der Waals surface area contributed by atoms with E-state index in [4.69, 9.17) is 0 Å². The van der Waals surface area contributed by atoms with Gasteiger partial charge < -0.3 is 10.2 Å². The van der Waals surface area contributed by atoms with Crippen LogP contribution in [0.15, 0.2) is 24.3 Å². The average Bonchev–Trinajstić information content (AvgIpc) is 2.52. The van der Waals surface area contributed by atoms with Crippen molar-refractivity contribution in [3.05, 3.63) is 35.4 Å². The first kappa shape index (κ1) is 19.2. The summed E-state index contributed by atoms with van der Waals surface area (Å²) in [5.74, 6) is -0.123. The van der Waals surface area contributed by atoms with Crippen molar-refractivity contribution in [3.63, 3.8) is 0 Å². The van der Waals surface area contributed by atoms with Crippen molar-refractivity contribution in [2.45, 2.75) is 53.5 Å². The second-order valence-corrected chi connectivity index (χ2v) is 6.39. The van der Waals surface area contributed by atoms with Crippen LogP contribution in [0.2, 0.25) is 0 Å². The third-order valence-corrected chi connectivity index (χ3v) is 3.83. The molecule has 4 heteroatoms. The largest absolute Gasteiger partial charge is 0.341 e. The molecule has 1 aromatic rings. The number of benzene rings is 1. The molecule has 0 saturated heterocycles. The van der Waals surface area contributed by atoms with E-state index in [0.29, 0.717) is 5.56 Å². The molecule has 128 valence electrons. The van der Waals surface area contributed by atoms with Crippen LogP contribution in [0.4, 0.5) is 0 Å². The summed E-state index contributed by atoms with van der Waals surface area (Å²) in [5.41, 5.74) is 1.70. The Morgan fingerprint density at radius 3 is 2.00 bits per heavy atom. The fourth-order valence-electron chi connectivity index (χ4n) is 2.51. The Kier molecular flexibility index (Phi) is 7.79. The van der Waals surface area contributed by atoms with Gasteiger partial charge in [-0.25, -0.2) is 0 Å². The normalized spacial score (nSPS) is 12.1. The highest BCUT2D eigenvalue weighted by molar-refractivity contribution is 5.97. The predicted octanol–water partition coefficient (Wildman–Crippen LogP) is 3.40. The minimum Gasteiger partial charge on any atom is -0.341 e. The van der Waals surface area contributed by atoms with Crippen LogP contribution in [0.25, 0.3) is 0 Å². The molecule has 0 aliphatic carbocycles. The van der Waals surface area contributed by atoms with Crippen molar-refractivity contribution in [1.82, 2.24) is 10.2 Å². The Morgan fingerprint density at radius 1 is 1.04 bits per heavy atom. The molecule has 0 radical (unpaired) electrons. The van der Waals surface area contributed by atoms with Gasteiger partial charge in [-0.3, -0.25) is 9.59 Å². The van der Waals surface area contributed by atoms with E-state index in [0.717, 1.165) is 31.5 Å². The molecule has 2 amide bonds. The molecular weight excluding hydrogens is 288 g/mol. The zero-order valence-electron chi connectivity index (χ0n) is 15.1. The molecule has 4 nitrogen and oxygen atoms in total. The first-order chi connectivity index (χ1) is 10.9. The van der Waals surface area contributed by atoms with Gasteiger partial charge in [0.2, 0.25) is 5.91 Å². The fourth-order valence-corrected chi connectivity index (χ4v) is 2.51. The van der Waals surface area contributed by atoms with E-state index < -0.39 is 6.04 Å². The van der Waals surface area contributed by atoms with Gasteiger partial charge in [-0.05, 0) is 37.8 Å². The van der Waals surface area contributed by atoms with Crippen molar-refractivity contribution in [3.8, 4) is 0 Å². The molecule has 0 spiro atoms. The summed E-state index contributed by atoms with van der Waals surface area (Å²) in [6.07, 6.45) is 1.84. The topological polar surface area (TPSA) is 49.4 Å². The molecule has 1 aromatic carbocycles. The number of nitrogens with zero attached hydrogens (tertiary/aromatic N) is 1. The van der Waals surface area contributed by atoms with Crippen molar-refractivity contribution in [2.75, 3.05) is 13.1 Å². The quantitative estimate of drug-likeness (QED) is 0.798. The van der Waals surface area contributed by atoms with Gasteiger partial charge in [-0.1, -0.05) is 45.4 Å². The van der Waals surface area contributed by atoms with E-state index in [9.17, 15) is 9.59 Å². The van der Waals surface area contributed by atoms with Crippen LogP contribution in [0.1, 0.15) is 56.5 Å². The van der Waals surface area contributed by atoms with E-state index in [1.807, 2.05) is 37.8 Å².